The molecular formula is C14H17Cl2N3O. The predicted octanol–water partition coefficient (Wildman–Crippen LogP) is 3.11. The molecule has 2 rings (SSSR count). The van der Waals surface area contributed by atoms with E-state index >= 15 is 0 Å². The molecular weight excluding hydrogens is 297 g/mol. The van der Waals surface area contributed by atoms with Crippen LogP contribution < -0.4 is 5.32 Å². The van der Waals surface area contributed by atoms with Crippen molar-refractivity contribution in [2.75, 3.05) is 6.54 Å². The minimum atomic E-state index is -0.662. The molecule has 108 valence electrons. The maximum atomic E-state index is 10.2. The van der Waals surface area contributed by atoms with Crippen molar-refractivity contribution in [2.45, 2.75) is 19.1 Å². The molecule has 0 amide bonds. The van der Waals surface area contributed by atoms with Gasteiger partial charge in [0, 0.05) is 41.4 Å². The van der Waals surface area contributed by atoms with Gasteiger partial charge in [-0.2, -0.15) is 5.10 Å². The third kappa shape index (κ3) is 3.96. The molecule has 0 bridgehead atoms. The van der Waals surface area contributed by atoms with Crippen LogP contribution >= 0.6 is 23.2 Å². The molecule has 1 heterocycles. The average Bonchev–Trinajstić information content (AvgIpc) is 2.81. The van der Waals surface area contributed by atoms with Crippen molar-refractivity contribution in [1.82, 2.24) is 15.1 Å². The van der Waals surface area contributed by atoms with Crippen LogP contribution in [0.4, 0.5) is 0 Å². The Kier molecular flexibility index (Phi) is 5.05. The number of nitrogens with one attached hydrogen (secondary N) is 1. The summed E-state index contributed by atoms with van der Waals surface area (Å²) in [6.45, 7) is 2.43. The van der Waals surface area contributed by atoms with Gasteiger partial charge in [-0.25, -0.2) is 0 Å². The number of aliphatic hydroxyl groups excluding tert-OH is 1. The zero-order valence-corrected chi connectivity index (χ0v) is 12.9. The van der Waals surface area contributed by atoms with E-state index in [-0.39, 0.29) is 6.04 Å². The van der Waals surface area contributed by atoms with E-state index in [9.17, 15) is 5.11 Å². The lowest BCUT2D eigenvalue weighted by Crippen LogP contribution is -2.24. The number of aliphatic hydroxyl groups is 1. The number of nitrogens with zero attached hydrogens (tertiary/aromatic N) is 2. The molecule has 2 atom stereocenters. The zero-order valence-electron chi connectivity index (χ0n) is 11.3. The van der Waals surface area contributed by atoms with Gasteiger partial charge < -0.3 is 10.4 Å². The second kappa shape index (κ2) is 6.59. The van der Waals surface area contributed by atoms with Crippen LogP contribution in [-0.4, -0.2) is 21.4 Å². The molecule has 2 unspecified atom stereocenters. The van der Waals surface area contributed by atoms with E-state index in [0.717, 1.165) is 5.56 Å². The van der Waals surface area contributed by atoms with Gasteiger partial charge in [0.1, 0.15) is 0 Å². The van der Waals surface area contributed by atoms with Gasteiger partial charge in [0.25, 0.3) is 0 Å². The van der Waals surface area contributed by atoms with Crippen molar-refractivity contribution >= 4 is 23.2 Å². The molecule has 1 aromatic carbocycles. The summed E-state index contributed by atoms with van der Waals surface area (Å²) in [5.41, 5.74) is 1.78. The summed E-state index contributed by atoms with van der Waals surface area (Å²) in [5.74, 6) is 0. The minimum absolute atomic E-state index is 0.105. The first-order chi connectivity index (χ1) is 9.45. The largest absolute Gasteiger partial charge is 0.387 e. The molecule has 0 aliphatic heterocycles. The summed E-state index contributed by atoms with van der Waals surface area (Å²) >= 11 is 11.9. The number of benzene rings is 1. The molecule has 0 spiro atoms. The summed E-state index contributed by atoms with van der Waals surface area (Å²) < 4.78 is 1.75. The SMILES string of the molecule is CC(NCC(O)c1cc(Cl)cc(Cl)c1)c1cnn(C)c1. The van der Waals surface area contributed by atoms with E-state index in [2.05, 4.69) is 10.4 Å². The first kappa shape index (κ1) is 15.3. The number of hydrogen-bond donors (Lipinski definition) is 2. The predicted molar refractivity (Wildman–Crippen MR) is 81.0 cm³/mol. The first-order valence-electron chi connectivity index (χ1n) is 6.31. The molecule has 0 saturated heterocycles. The van der Waals surface area contributed by atoms with Gasteiger partial charge in [-0.05, 0) is 30.7 Å². The summed E-state index contributed by atoms with van der Waals surface area (Å²) in [4.78, 5) is 0. The van der Waals surface area contributed by atoms with E-state index in [4.69, 9.17) is 23.2 Å². The monoisotopic (exact) mass is 313 g/mol. The topological polar surface area (TPSA) is 50.1 Å². The van der Waals surface area contributed by atoms with Crippen molar-refractivity contribution in [2.24, 2.45) is 7.05 Å². The highest BCUT2D eigenvalue weighted by Gasteiger charge is 2.12. The maximum Gasteiger partial charge on any atom is 0.0915 e. The molecule has 2 aromatic rings. The van der Waals surface area contributed by atoms with Gasteiger partial charge in [-0.15, -0.1) is 0 Å². The Morgan fingerprint density at radius 1 is 1.25 bits per heavy atom. The fourth-order valence-electron chi connectivity index (χ4n) is 1.96. The Hall–Kier alpha value is -1.07. The Bertz CT molecular complexity index is 565. The van der Waals surface area contributed by atoms with Crippen molar-refractivity contribution < 1.29 is 5.11 Å². The quantitative estimate of drug-likeness (QED) is 0.891. The smallest absolute Gasteiger partial charge is 0.0915 e. The van der Waals surface area contributed by atoms with Gasteiger partial charge in [-0.3, -0.25) is 4.68 Å². The average molecular weight is 314 g/mol. The van der Waals surface area contributed by atoms with Crippen LogP contribution in [0.15, 0.2) is 30.6 Å². The Labute approximate surface area is 128 Å². The highest BCUT2D eigenvalue weighted by molar-refractivity contribution is 6.34. The highest BCUT2D eigenvalue weighted by Crippen LogP contribution is 2.23. The molecule has 6 heteroatoms. The lowest BCUT2D eigenvalue weighted by atomic mass is 10.1. The lowest BCUT2D eigenvalue weighted by Gasteiger charge is -2.17. The number of rotatable bonds is 5. The molecule has 0 aliphatic carbocycles. The minimum Gasteiger partial charge on any atom is -0.387 e. The van der Waals surface area contributed by atoms with Crippen molar-refractivity contribution in [3.05, 3.63) is 51.8 Å². The van der Waals surface area contributed by atoms with Gasteiger partial charge >= 0.3 is 0 Å². The van der Waals surface area contributed by atoms with Crippen LogP contribution in [0.5, 0.6) is 0 Å². The van der Waals surface area contributed by atoms with Gasteiger partial charge in [0.05, 0.1) is 12.3 Å². The third-order valence-corrected chi connectivity index (χ3v) is 3.55. The second-order valence-electron chi connectivity index (χ2n) is 4.80. The van der Waals surface area contributed by atoms with E-state index < -0.39 is 6.10 Å². The molecule has 2 N–H and O–H groups in total. The Morgan fingerprint density at radius 2 is 1.90 bits per heavy atom. The number of aromatic nitrogens is 2. The third-order valence-electron chi connectivity index (χ3n) is 3.11. The van der Waals surface area contributed by atoms with Crippen LogP contribution in [0.3, 0.4) is 0 Å². The van der Waals surface area contributed by atoms with E-state index in [0.29, 0.717) is 22.2 Å². The fourth-order valence-corrected chi connectivity index (χ4v) is 2.50. The van der Waals surface area contributed by atoms with Crippen LogP contribution in [0.25, 0.3) is 0 Å². The number of aryl methyl sites for hydroxylation is 1. The van der Waals surface area contributed by atoms with Crippen molar-refractivity contribution in [3.8, 4) is 0 Å². The van der Waals surface area contributed by atoms with Gasteiger partial charge in [0.2, 0.25) is 0 Å². The molecule has 0 fully saturated rings. The van der Waals surface area contributed by atoms with Crippen molar-refractivity contribution in [3.63, 3.8) is 0 Å². The zero-order chi connectivity index (χ0) is 14.7. The highest BCUT2D eigenvalue weighted by atomic mass is 35.5. The normalized spacial score (nSPS) is 14.2. The number of hydrogen-bond acceptors (Lipinski definition) is 3. The number of halogens is 2. The van der Waals surface area contributed by atoms with Crippen LogP contribution in [0.2, 0.25) is 10.0 Å². The Balaban J connectivity index is 1.96. The van der Waals surface area contributed by atoms with Gasteiger partial charge in [0.15, 0.2) is 0 Å². The van der Waals surface area contributed by atoms with Gasteiger partial charge in [-0.1, -0.05) is 23.2 Å². The van der Waals surface area contributed by atoms with E-state index in [1.54, 1.807) is 29.1 Å². The lowest BCUT2D eigenvalue weighted by molar-refractivity contribution is 0.171. The molecule has 20 heavy (non-hydrogen) atoms. The molecule has 4 nitrogen and oxygen atoms in total. The Morgan fingerprint density at radius 3 is 2.45 bits per heavy atom. The first-order valence-corrected chi connectivity index (χ1v) is 7.07. The second-order valence-corrected chi connectivity index (χ2v) is 5.67. The van der Waals surface area contributed by atoms with E-state index in [1.807, 2.05) is 20.2 Å². The molecule has 1 aromatic heterocycles. The summed E-state index contributed by atoms with van der Waals surface area (Å²) in [7, 11) is 1.87. The molecule has 0 aliphatic rings. The van der Waals surface area contributed by atoms with E-state index in [1.165, 1.54) is 0 Å². The summed E-state index contributed by atoms with van der Waals surface area (Å²) in [5, 5.41) is 18.6. The maximum absolute atomic E-state index is 10.2. The molecule has 0 saturated carbocycles. The standard InChI is InChI=1S/C14H17Cl2N3O/c1-9(11-6-18-19(2)8-11)17-7-14(20)10-3-12(15)5-13(16)4-10/h3-6,8-9,14,17,20H,7H2,1-2H3. The van der Waals surface area contributed by atoms with Crippen LogP contribution in [0.1, 0.15) is 30.2 Å². The summed E-state index contributed by atoms with van der Waals surface area (Å²) in [6.07, 6.45) is 3.09. The van der Waals surface area contributed by atoms with Crippen LogP contribution in [0, 0.1) is 0 Å². The molecule has 0 radical (unpaired) electrons. The fraction of sp³-hybridized carbons (Fsp3) is 0.357. The summed E-state index contributed by atoms with van der Waals surface area (Å²) in [6, 6.07) is 5.18. The van der Waals surface area contributed by atoms with Crippen molar-refractivity contribution in [1.29, 1.82) is 0 Å². The van der Waals surface area contributed by atoms with Crippen LogP contribution in [-0.2, 0) is 7.05 Å².